The van der Waals surface area contributed by atoms with Crippen LogP contribution in [0.15, 0.2) is 30.5 Å². The zero-order valence-electron chi connectivity index (χ0n) is 17.5. The SMILES string of the molecule is CC(=O)N1CCC(NC2CC(C)(C)Cc3c2cnn3-c2ccccc2C)CC1. The second-order valence-corrected chi connectivity index (χ2v) is 9.29. The number of carbonyl (C=O) groups excluding carboxylic acids is 1. The van der Waals surface area contributed by atoms with Gasteiger partial charge in [0.25, 0.3) is 0 Å². The molecule has 2 aromatic rings. The number of para-hydroxylation sites is 1. The first kappa shape index (κ1) is 19.2. The highest BCUT2D eigenvalue weighted by molar-refractivity contribution is 5.73. The monoisotopic (exact) mass is 380 g/mol. The van der Waals surface area contributed by atoms with Crippen molar-refractivity contribution in [3.8, 4) is 5.69 Å². The van der Waals surface area contributed by atoms with E-state index in [1.807, 2.05) is 4.90 Å². The molecule has 1 aromatic carbocycles. The number of likely N-dealkylation sites (tertiary alicyclic amines) is 1. The summed E-state index contributed by atoms with van der Waals surface area (Å²) in [5.74, 6) is 0.194. The van der Waals surface area contributed by atoms with Crippen LogP contribution >= 0.6 is 0 Å². The largest absolute Gasteiger partial charge is 0.343 e. The number of aryl methyl sites for hydroxylation is 1. The standard InChI is InChI=1S/C23H32N4O/c1-16-7-5-6-8-21(16)27-22-14-23(3,4)13-20(19(22)15-24-27)25-18-9-11-26(12-10-18)17(2)28/h5-8,15,18,20,25H,9-14H2,1-4H3. The zero-order valence-corrected chi connectivity index (χ0v) is 17.5. The van der Waals surface area contributed by atoms with Gasteiger partial charge in [0.1, 0.15) is 0 Å². The lowest BCUT2D eigenvalue weighted by Gasteiger charge is -2.40. The van der Waals surface area contributed by atoms with Crippen molar-refractivity contribution in [2.75, 3.05) is 13.1 Å². The van der Waals surface area contributed by atoms with Crippen molar-refractivity contribution in [1.29, 1.82) is 0 Å². The molecular formula is C23H32N4O. The minimum atomic E-state index is 0.194. The molecule has 4 rings (SSSR count). The molecule has 0 bridgehead atoms. The molecule has 1 unspecified atom stereocenters. The van der Waals surface area contributed by atoms with Crippen LogP contribution in [0.5, 0.6) is 0 Å². The van der Waals surface area contributed by atoms with Crippen molar-refractivity contribution in [3.05, 3.63) is 47.3 Å². The molecule has 1 fully saturated rings. The number of nitrogens with one attached hydrogen (secondary N) is 1. The van der Waals surface area contributed by atoms with Gasteiger partial charge in [-0.25, -0.2) is 4.68 Å². The fourth-order valence-electron chi connectivity index (χ4n) is 4.85. The molecule has 1 aromatic heterocycles. The van der Waals surface area contributed by atoms with Crippen molar-refractivity contribution in [2.45, 2.75) is 65.5 Å². The molecule has 1 atom stereocenters. The number of aromatic nitrogens is 2. The maximum Gasteiger partial charge on any atom is 0.219 e. The second kappa shape index (κ2) is 7.36. The Morgan fingerprint density at radius 1 is 1.21 bits per heavy atom. The Kier molecular flexibility index (Phi) is 5.04. The summed E-state index contributed by atoms with van der Waals surface area (Å²) in [6.07, 6.45) is 6.28. The number of fused-ring (bicyclic) bond motifs is 1. The number of carbonyl (C=O) groups is 1. The average molecular weight is 381 g/mol. The summed E-state index contributed by atoms with van der Waals surface area (Å²) in [6.45, 7) is 10.3. The molecule has 5 heteroatoms. The van der Waals surface area contributed by atoms with Crippen LogP contribution in [0.3, 0.4) is 0 Å². The number of amides is 1. The van der Waals surface area contributed by atoms with Crippen LogP contribution in [0.1, 0.15) is 62.9 Å². The van der Waals surface area contributed by atoms with Crippen LogP contribution in [0.2, 0.25) is 0 Å². The number of benzene rings is 1. The van der Waals surface area contributed by atoms with Gasteiger partial charge < -0.3 is 10.2 Å². The molecule has 0 saturated carbocycles. The van der Waals surface area contributed by atoms with Gasteiger partial charge >= 0.3 is 0 Å². The van der Waals surface area contributed by atoms with E-state index in [0.717, 1.165) is 38.8 Å². The summed E-state index contributed by atoms with van der Waals surface area (Å²) in [5, 5.41) is 8.71. The van der Waals surface area contributed by atoms with Crippen molar-refractivity contribution in [1.82, 2.24) is 20.0 Å². The van der Waals surface area contributed by atoms with E-state index in [9.17, 15) is 4.79 Å². The molecule has 2 heterocycles. The molecule has 5 nitrogen and oxygen atoms in total. The molecule has 1 amide bonds. The van der Waals surface area contributed by atoms with Crippen molar-refractivity contribution >= 4 is 5.91 Å². The first-order chi connectivity index (χ1) is 13.3. The van der Waals surface area contributed by atoms with E-state index in [4.69, 9.17) is 5.10 Å². The first-order valence-electron chi connectivity index (χ1n) is 10.5. The van der Waals surface area contributed by atoms with Gasteiger partial charge in [-0.1, -0.05) is 32.0 Å². The van der Waals surface area contributed by atoms with Gasteiger partial charge in [-0.2, -0.15) is 5.10 Å². The molecule has 1 aliphatic heterocycles. The third kappa shape index (κ3) is 3.72. The molecule has 1 N–H and O–H groups in total. The lowest BCUT2D eigenvalue weighted by molar-refractivity contribution is -0.129. The van der Waals surface area contributed by atoms with Crippen LogP contribution in [0, 0.1) is 12.3 Å². The van der Waals surface area contributed by atoms with Gasteiger partial charge in [0, 0.05) is 43.4 Å². The minimum Gasteiger partial charge on any atom is -0.343 e. The van der Waals surface area contributed by atoms with Gasteiger partial charge in [0.05, 0.1) is 11.9 Å². The molecule has 28 heavy (non-hydrogen) atoms. The van der Waals surface area contributed by atoms with E-state index < -0.39 is 0 Å². The molecular weight excluding hydrogens is 348 g/mol. The Balaban J connectivity index is 1.58. The van der Waals surface area contributed by atoms with E-state index >= 15 is 0 Å². The highest BCUT2D eigenvalue weighted by Crippen LogP contribution is 2.42. The quantitative estimate of drug-likeness (QED) is 0.881. The molecule has 0 spiro atoms. The van der Waals surface area contributed by atoms with Crippen LogP contribution in [0.25, 0.3) is 5.69 Å². The van der Waals surface area contributed by atoms with Crippen molar-refractivity contribution in [2.24, 2.45) is 5.41 Å². The Labute approximate surface area is 168 Å². The van der Waals surface area contributed by atoms with E-state index in [0.29, 0.717) is 12.1 Å². The molecule has 150 valence electrons. The van der Waals surface area contributed by atoms with E-state index in [-0.39, 0.29) is 11.3 Å². The predicted octanol–water partition coefficient (Wildman–Crippen LogP) is 3.79. The number of rotatable bonds is 3. The highest BCUT2D eigenvalue weighted by atomic mass is 16.2. The third-order valence-electron chi connectivity index (χ3n) is 6.40. The Morgan fingerprint density at radius 2 is 1.93 bits per heavy atom. The highest BCUT2D eigenvalue weighted by Gasteiger charge is 2.36. The van der Waals surface area contributed by atoms with Crippen LogP contribution < -0.4 is 5.32 Å². The molecule has 1 aliphatic carbocycles. The second-order valence-electron chi connectivity index (χ2n) is 9.29. The lowest BCUT2D eigenvalue weighted by atomic mass is 9.74. The smallest absolute Gasteiger partial charge is 0.219 e. The predicted molar refractivity (Wildman–Crippen MR) is 112 cm³/mol. The van der Waals surface area contributed by atoms with Gasteiger partial charge in [0.2, 0.25) is 5.91 Å². The van der Waals surface area contributed by atoms with Crippen LogP contribution in [-0.2, 0) is 11.2 Å². The van der Waals surface area contributed by atoms with Gasteiger partial charge in [-0.05, 0) is 49.7 Å². The lowest BCUT2D eigenvalue weighted by Crippen LogP contribution is -2.46. The summed E-state index contributed by atoms with van der Waals surface area (Å²) in [7, 11) is 0. The maximum absolute atomic E-state index is 11.6. The first-order valence-corrected chi connectivity index (χ1v) is 10.5. The van der Waals surface area contributed by atoms with Crippen molar-refractivity contribution in [3.63, 3.8) is 0 Å². The molecule has 1 saturated heterocycles. The molecule has 2 aliphatic rings. The fourth-order valence-corrected chi connectivity index (χ4v) is 4.85. The number of hydrogen-bond donors (Lipinski definition) is 1. The van der Waals surface area contributed by atoms with Crippen molar-refractivity contribution < 1.29 is 4.79 Å². The summed E-state index contributed by atoms with van der Waals surface area (Å²) >= 11 is 0. The normalized spacial score (nSPS) is 22.1. The van der Waals surface area contributed by atoms with Crippen LogP contribution in [0.4, 0.5) is 0 Å². The third-order valence-corrected chi connectivity index (χ3v) is 6.40. The number of nitrogens with zero attached hydrogens (tertiary/aromatic N) is 3. The zero-order chi connectivity index (χ0) is 19.9. The van der Waals surface area contributed by atoms with E-state index in [1.165, 1.54) is 22.5 Å². The summed E-state index contributed by atoms with van der Waals surface area (Å²) < 4.78 is 2.15. The number of hydrogen-bond acceptors (Lipinski definition) is 3. The topological polar surface area (TPSA) is 50.2 Å². The Morgan fingerprint density at radius 3 is 2.61 bits per heavy atom. The molecule has 0 radical (unpaired) electrons. The van der Waals surface area contributed by atoms with E-state index in [1.54, 1.807) is 6.92 Å². The Hall–Kier alpha value is -2.14. The summed E-state index contributed by atoms with van der Waals surface area (Å²) in [6, 6.07) is 9.26. The number of piperidine rings is 1. The minimum absolute atomic E-state index is 0.194. The van der Waals surface area contributed by atoms with Gasteiger partial charge in [-0.3, -0.25) is 4.79 Å². The van der Waals surface area contributed by atoms with Gasteiger partial charge in [-0.15, -0.1) is 0 Å². The average Bonchev–Trinajstić information content (AvgIpc) is 3.05. The van der Waals surface area contributed by atoms with Gasteiger partial charge in [0.15, 0.2) is 0 Å². The van der Waals surface area contributed by atoms with Crippen LogP contribution in [-0.4, -0.2) is 39.7 Å². The maximum atomic E-state index is 11.6. The summed E-state index contributed by atoms with van der Waals surface area (Å²) in [4.78, 5) is 13.6. The fraction of sp³-hybridized carbons (Fsp3) is 0.565. The summed E-state index contributed by atoms with van der Waals surface area (Å²) in [5.41, 5.74) is 5.33. The Bertz CT molecular complexity index is 861. The van der Waals surface area contributed by atoms with E-state index in [2.05, 4.69) is 61.2 Å².